The van der Waals surface area contributed by atoms with E-state index < -0.39 is 0 Å². The first-order valence-electron chi connectivity index (χ1n) is 10.4. The van der Waals surface area contributed by atoms with Crippen molar-refractivity contribution in [1.29, 1.82) is 0 Å². The molecule has 0 bridgehead atoms. The predicted octanol–water partition coefficient (Wildman–Crippen LogP) is 5.10. The SMILES string of the molecule is Cc1ccc(Nc2nnc(SCC(=O)Nc3ccc4c(c3)C(=O)c3ccccc3C4=O)s2)cc1. The minimum atomic E-state index is -0.247. The summed E-state index contributed by atoms with van der Waals surface area (Å²) in [6.45, 7) is 2.02. The molecule has 0 saturated carbocycles. The lowest BCUT2D eigenvalue weighted by atomic mass is 9.84. The van der Waals surface area contributed by atoms with Crippen LogP contribution >= 0.6 is 23.1 Å². The molecule has 0 fully saturated rings. The third-order valence-electron chi connectivity index (χ3n) is 5.24. The van der Waals surface area contributed by atoms with Gasteiger partial charge in [-0.05, 0) is 37.3 Å². The van der Waals surface area contributed by atoms with Gasteiger partial charge in [0.1, 0.15) is 0 Å². The summed E-state index contributed by atoms with van der Waals surface area (Å²) < 4.78 is 0.660. The zero-order chi connectivity index (χ0) is 23.7. The second-order valence-corrected chi connectivity index (χ2v) is 9.87. The highest BCUT2D eigenvalue weighted by atomic mass is 32.2. The smallest absolute Gasteiger partial charge is 0.234 e. The van der Waals surface area contributed by atoms with Crippen molar-refractivity contribution in [3.8, 4) is 0 Å². The Hall–Kier alpha value is -3.82. The van der Waals surface area contributed by atoms with Gasteiger partial charge in [-0.15, -0.1) is 10.2 Å². The van der Waals surface area contributed by atoms with E-state index in [1.165, 1.54) is 28.7 Å². The van der Waals surface area contributed by atoms with Gasteiger partial charge in [-0.1, -0.05) is 65.1 Å². The first-order valence-corrected chi connectivity index (χ1v) is 12.2. The number of carbonyl (C=O) groups excluding carboxylic acids is 3. The van der Waals surface area contributed by atoms with Crippen LogP contribution in [0.3, 0.4) is 0 Å². The van der Waals surface area contributed by atoms with Gasteiger partial charge in [-0.2, -0.15) is 0 Å². The fourth-order valence-electron chi connectivity index (χ4n) is 3.58. The molecule has 1 aliphatic rings. The molecule has 9 heteroatoms. The number of thioether (sulfide) groups is 1. The number of aryl methyl sites for hydroxylation is 1. The van der Waals surface area contributed by atoms with Gasteiger partial charge < -0.3 is 10.6 Å². The van der Waals surface area contributed by atoms with Crippen LogP contribution in [0.5, 0.6) is 0 Å². The summed E-state index contributed by atoms with van der Waals surface area (Å²) in [5.41, 5.74) is 3.98. The van der Waals surface area contributed by atoms with Gasteiger partial charge >= 0.3 is 0 Å². The zero-order valence-corrected chi connectivity index (χ0v) is 19.6. The number of rotatable bonds is 6. The number of anilines is 3. The van der Waals surface area contributed by atoms with E-state index in [1.54, 1.807) is 42.5 Å². The maximum Gasteiger partial charge on any atom is 0.234 e. The lowest BCUT2D eigenvalue weighted by molar-refractivity contribution is -0.113. The van der Waals surface area contributed by atoms with Crippen LogP contribution in [-0.4, -0.2) is 33.4 Å². The lowest BCUT2D eigenvalue weighted by Crippen LogP contribution is -2.21. The summed E-state index contributed by atoms with van der Waals surface area (Å²) >= 11 is 2.63. The number of hydrogen-bond acceptors (Lipinski definition) is 8. The summed E-state index contributed by atoms with van der Waals surface area (Å²) in [6, 6.07) is 19.5. The van der Waals surface area contributed by atoms with Crippen LogP contribution < -0.4 is 10.6 Å². The number of fused-ring (bicyclic) bond motifs is 2. The molecule has 3 aromatic carbocycles. The molecule has 2 N–H and O–H groups in total. The van der Waals surface area contributed by atoms with Crippen molar-refractivity contribution < 1.29 is 14.4 Å². The van der Waals surface area contributed by atoms with E-state index >= 15 is 0 Å². The molecule has 4 aromatic rings. The molecular formula is C25H18N4O3S2. The van der Waals surface area contributed by atoms with Crippen molar-refractivity contribution in [2.75, 3.05) is 16.4 Å². The number of ketones is 2. The van der Waals surface area contributed by atoms with Gasteiger partial charge in [0.2, 0.25) is 11.0 Å². The van der Waals surface area contributed by atoms with E-state index in [0.29, 0.717) is 37.4 Å². The number of carbonyl (C=O) groups is 3. The second-order valence-electron chi connectivity index (χ2n) is 7.67. The van der Waals surface area contributed by atoms with Crippen LogP contribution in [0.1, 0.15) is 37.4 Å². The maximum absolute atomic E-state index is 12.9. The standard InChI is InChI=1S/C25H18N4O3S2/c1-14-6-8-15(9-7-14)27-24-28-29-25(34-24)33-13-21(30)26-16-10-11-19-20(12-16)23(32)18-5-3-2-4-17(18)22(19)31/h2-12H,13H2,1H3,(H,26,30)(H,27,28). The fraction of sp³-hybridized carbons (Fsp3) is 0.0800. The molecule has 1 aliphatic carbocycles. The number of amides is 1. The summed E-state index contributed by atoms with van der Waals surface area (Å²) in [5.74, 6) is -0.530. The monoisotopic (exact) mass is 486 g/mol. The van der Waals surface area contributed by atoms with Gasteiger partial charge in [0.15, 0.2) is 15.9 Å². The Morgan fingerprint density at radius 3 is 2.24 bits per heavy atom. The number of nitrogens with one attached hydrogen (secondary N) is 2. The second kappa shape index (κ2) is 9.20. The molecule has 1 amide bonds. The van der Waals surface area contributed by atoms with Crippen LogP contribution in [0.2, 0.25) is 0 Å². The normalized spacial score (nSPS) is 12.1. The molecule has 0 saturated heterocycles. The first-order chi connectivity index (χ1) is 16.5. The molecule has 1 aromatic heterocycles. The van der Waals surface area contributed by atoms with Gasteiger partial charge in [0.25, 0.3) is 0 Å². The number of hydrogen-bond donors (Lipinski definition) is 2. The van der Waals surface area contributed by atoms with E-state index in [9.17, 15) is 14.4 Å². The predicted molar refractivity (Wildman–Crippen MR) is 133 cm³/mol. The molecule has 34 heavy (non-hydrogen) atoms. The van der Waals surface area contributed by atoms with Crippen molar-refractivity contribution >= 4 is 57.1 Å². The largest absolute Gasteiger partial charge is 0.330 e. The van der Waals surface area contributed by atoms with Gasteiger partial charge in [-0.3, -0.25) is 14.4 Å². The number of nitrogens with zero attached hydrogens (tertiary/aromatic N) is 2. The highest BCUT2D eigenvalue weighted by Gasteiger charge is 2.29. The van der Waals surface area contributed by atoms with Crippen molar-refractivity contribution in [2.45, 2.75) is 11.3 Å². The molecule has 0 aliphatic heterocycles. The molecule has 168 valence electrons. The Morgan fingerprint density at radius 1 is 0.853 bits per heavy atom. The molecule has 1 heterocycles. The van der Waals surface area contributed by atoms with Crippen LogP contribution in [-0.2, 0) is 4.79 Å². The van der Waals surface area contributed by atoms with E-state index in [2.05, 4.69) is 20.8 Å². The number of aromatic nitrogens is 2. The summed E-state index contributed by atoms with van der Waals surface area (Å²) in [4.78, 5) is 38.1. The third kappa shape index (κ3) is 4.48. The van der Waals surface area contributed by atoms with Crippen LogP contribution in [0.4, 0.5) is 16.5 Å². The Bertz CT molecular complexity index is 1430. The fourth-order valence-corrected chi connectivity index (χ4v) is 5.15. The topological polar surface area (TPSA) is 101 Å². The number of benzene rings is 3. The summed E-state index contributed by atoms with van der Waals surface area (Å²) in [7, 11) is 0. The van der Waals surface area contributed by atoms with E-state index in [1.807, 2.05) is 31.2 Å². The third-order valence-corrected chi connectivity index (χ3v) is 7.22. The lowest BCUT2D eigenvalue weighted by Gasteiger charge is -2.18. The van der Waals surface area contributed by atoms with Gasteiger partial charge in [0.05, 0.1) is 5.75 Å². The van der Waals surface area contributed by atoms with E-state index in [4.69, 9.17) is 0 Å². The van der Waals surface area contributed by atoms with Crippen molar-refractivity contribution in [1.82, 2.24) is 10.2 Å². The highest BCUT2D eigenvalue weighted by Crippen LogP contribution is 2.30. The van der Waals surface area contributed by atoms with Crippen LogP contribution in [0, 0.1) is 6.92 Å². The molecule has 5 rings (SSSR count). The Labute approximate surface area is 203 Å². The molecule has 0 spiro atoms. The van der Waals surface area contributed by atoms with E-state index in [0.717, 1.165) is 5.69 Å². The molecule has 0 atom stereocenters. The van der Waals surface area contributed by atoms with Crippen LogP contribution in [0.15, 0.2) is 71.1 Å². The Morgan fingerprint density at radius 2 is 1.50 bits per heavy atom. The summed E-state index contributed by atoms with van der Waals surface area (Å²) in [5, 5.41) is 14.9. The summed E-state index contributed by atoms with van der Waals surface area (Å²) in [6.07, 6.45) is 0. The van der Waals surface area contributed by atoms with Crippen molar-refractivity contribution in [2.24, 2.45) is 0 Å². The molecule has 7 nitrogen and oxygen atoms in total. The quantitative estimate of drug-likeness (QED) is 0.322. The molecular weight excluding hydrogens is 468 g/mol. The van der Waals surface area contributed by atoms with E-state index in [-0.39, 0.29) is 23.2 Å². The minimum absolute atomic E-state index is 0.131. The average molecular weight is 487 g/mol. The molecule has 0 radical (unpaired) electrons. The van der Waals surface area contributed by atoms with Crippen molar-refractivity contribution in [3.05, 3.63) is 94.5 Å². The first kappa shape index (κ1) is 22.0. The Kier molecular flexibility index (Phi) is 5.95. The zero-order valence-electron chi connectivity index (χ0n) is 18.0. The van der Waals surface area contributed by atoms with Crippen molar-refractivity contribution in [3.63, 3.8) is 0 Å². The van der Waals surface area contributed by atoms with Crippen LogP contribution in [0.25, 0.3) is 0 Å². The molecule has 0 unspecified atom stereocenters. The average Bonchev–Trinajstić information content (AvgIpc) is 3.30. The Balaban J connectivity index is 1.21. The van der Waals surface area contributed by atoms with Gasteiger partial charge in [-0.25, -0.2) is 0 Å². The highest BCUT2D eigenvalue weighted by molar-refractivity contribution is 8.01. The maximum atomic E-state index is 12.9. The minimum Gasteiger partial charge on any atom is -0.330 e. The van der Waals surface area contributed by atoms with Gasteiger partial charge in [0, 0.05) is 33.6 Å².